The number of benzene rings is 2. The number of hydrogen-bond acceptors (Lipinski definition) is 3. The van der Waals surface area contributed by atoms with Crippen LogP contribution in [0, 0.1) is 6.92 Å². The lowest BCUT2D eigenvalue weighted by Gasteiger charge is -2.38. The summed E-state index contributed by atoms with van der Waals surface area (Å²) in [4.78, 5) is 0. The first kappa shape index (κ1) is 17.1. The molecule has 0 amide bonds. The number of sulfonamides is 1. The van der Waals surface area contributed by atoms with E-state index in [0.29, 0.717) is 26.1 Å². The summed E-state index contributed by atoms with van der Waals surface area (Å²) in [6, 6.07) is 17.4. The molecule has 0 bridgehead atoms. The minimum Gasteiger partial charge on any atom is -0.381 e. The van der Waals surface area contributed by atoms with Gasteiger partial charge in [-0.3, -0.25) is 0 Å². The van der Waals surface area contributed by atoms with Crippen molar-refractivity contribution in [1.29, 1.82) is 0 Å². The van der Waals surface area contributed by atoms with Gasteiger partial charge >= 0.3 is 0 Å². The molecule has 2 aromatic rings. The first-order chi connectivity index (χ1) is 11.5. The number of ether oxygens (including phenoxy) is 1. The van der Waals surface area contributed by atoms with Gasteiger partial charge in [-0.2, -0.15) is 0 Å². The van der Waals surface area contributed by atoms with Crippen LogP contribution >= 0.6 is 0 Å². The Morgan fingerprint density at radius 3 is 2.29 bits per heavy atom. The molecule has 0 atom stereocenters. The van der Waals surface area contributed by atoms with Crippen molar-refractivity contribution in [2.24, 2.45) is 0 Å². The van der Waals surface area contributed by atoms with Crippen LogP contribution in [0.2, 0.25) is 0 Å². The molecule has 0 aromatic heterocycles. The Morgan fingerprint density at radius 1 is 1.00 bits per heavy atom. The molecule has 1 saturated heterocycles. The summed E-state index contributed by atoms with van der Waals surface area (Å²) in [5.74, 6) is -0.00485. The Bertz CT molecular complexity index is 781. The highest BCUT2D eigenvalue weighted by atomic mass is 32.2. The molecule has 0 saturated carbocycles. The fourth-order valence-corrected chi connectivity index (χ4v) is 4.96. The molecule has 4 nitrogen and oxygen atoms in total. The lowest BCUT2D eigenvalue weighted by Crippen LogP contribution is -2.49. The second kappa shape index (κ2) is 7.05. The predicted molar refractivity (Wildman–Crippen MR) is 95.1 cm³/mol. The maximum absolute atomic E-state index is 12.8. The third-order valence-corrected chi connectivity index (χ3v) is 6.02. The summed E-state index contributed by atoms with van der Waals surface area (Å²) in [7, 11) is -3.47. The smallest absolute Gasteiger partial charge is 0.216 e. The maximum atomic E-state index is 12.8. The number of nitrogens with one attached hydrogen (secondary N) is 1. The van der Waals surface area contributed by atoms with Crippen LogP contribution in [0.3, 0.4) is 0 Å². The van der Waals surface area contributed by atoms with E-state index in [-0.39, 0.29) is 5.75 Å². The molecule has 1 fully saturated rings. The largest absolute Gasteiger partial charge is 0.381 e. The van der Waals surface area contributed by atoms with Crippen LogP contribution in [0.25, 0.3) is 0 Å². The van der Waals surface area contributed by atoms with Crippen molar-refractivity contribution in [1.82, 2.24) is 4.72 Å². The Kier molecular flexibility index (Phi) is 5.04. The van der Waals surface area contributed by atoms with Crippen molar-refractivity contribution in [3.63, 3.8) is 0 Å². The monoisotopic (exact) mass is 345 g/mol. The van der Waals surface area contributed by atoms with Crippen molar-refractivity contribution in [3.05, 3.63) is 71.3 Å². The van der Waals surface area contributed by atoms with Gasteiger partial charge in [-0.05, 0) is 36.5 Å². The van der Waals surface area contributed by atoms with Crippen LogP contribution in [-0.2, 0) is 26.1 Å². The van der Waals surface area contributed by atoms with Crippen molar-refractivity contribution in [2.75, 3.05) is 13.2 Å². The summed E-state index contributed by atoms with van der Waals surface area (Å²) < 4.78 is 34.2. The Labute approximate surface area is 143 Å². The molecule has 0 radical (unpaired) electrons. The zero-order valence-corrected chi connectivity index (χ0v) is 14.7. The van der Waals surface area contributed by atoms with E-state index < -0.39 is 15.6 Å². The van der Waals surface area contributed by atoms with E-state index in [1.807, 2.05) is 61.5 Å². The van der Waals surface area contributed by atoms with Crippen LogP contribution < -0.4 is 4.72 Å². The number of hydrogen-bond donors (Lipinski definition) is 1. The highest BCUT2D eigenvalue weighted by Gasteiger charge is 2.38. The van der Waals surface area contributed by atoms with Crippen LogP contribution in [0.15, 0.2) is 54.6 Å². The molecule has 0 aliphatic carbocycles. The van der Waals surface area contributed by atoms with Gasteiger partial charge in [0, 0.05) is 13.2 Å². The van der Waals surface area contributed by atoms with Crippen molar-refractivity contribution in [2.45, 2.75) is 31.1 Å². The molecule has 5 heteroatoms. The lowest BCUT2D eigenvalue weighted by atomic mass is 9.84. The van der Waals surface area contributed by atoms with E-state index in [2.05, 4.69) is 4.72 Å². The summed E-state index contributed by atoms with van der Waals surface area (Å²) in [6.07, 6.45) is 1.29. The molecule has 2 aromatic carbocycles. The first-order valence-corrected chi connectivity index (χ1v) is 9.85. The normalized spacial score (nSPS) is 17.5. The van der Waals surface area contributed by atoms with Crippen molar-refractivity contribution >= 4 is 10.0 Å². The molecule has 1 aliphatic rings. The van der Waals surface area contributed by atoms with Gasteiger partial charge < -0.3 is 4.74 Å². The predicted octanol–water partition coefficient (Wildman–Crippen LogP) is 3.12. The first-order valence-electron chi connectivity index (χ1n) is 8.20. The molecule has 1 heterocycles. The third-order valence-electron chi connectivity index (χ3n) is 4.63. The molecule has 0 unspecified atom stereocenters. The molecule has 1 aliphatic heterocycles. The second-order valence-electron chi connectivity index (χ2n) is 6.35. The van der Waals surface area contributed by atoms with E-state index in [9.17, 15) is 8.42 Å². The van der Waals surface area contributed by atoms with Gasteiger partial charge in [-0.25, -0.2) is 13.1 Å². The molecule has 1 N–H and O–H groups in total. The second-order valence-corrected chi connectivity index (χ2v) is 8.07. The average molecular weight is 345 g/mol. The van der Waals surface area contributed by atoms with E-state index in [1.54, 1.807) is 0 Å². The van der Waals surface area contributed by atoms with Gasteiger partial charge in [0.1, 0.15) is 0 Å². The highest BCUT2D eigenvalue weighted by Crippen LogP contribution is 2.33. The van der Waals surface area contributed by atoms with Crippen LogP contribution in [0.5, 0.6) is 0 Å². The minimum absolute atomic E-state index is 0.00485. The number of rotatable bonds is 5. The van der Waals surface area contributed by atoms with Gasteiger partial charge in [0.15, 0.2) is 0 Å². The Balaban J connectivity index is 1.88. The minimum atomic E-state index is -3.47. The standard InChI is InChI=1S/C19H23NO3S/c1-16-7-5-6-8-17(16)15-24(21,22)20-19(11-13-23-14-12-19)18-9-3-2-4-10-18/h2-10,20H,11-15H2,1H3. The molecule has 3 rings (SSSR count). The van der Waals surface area contributed by atoms with Gasteiger partial charge in [-0.1, -0.05) is 54.6 Å². The van der Waals surface area contributed by atoms with Gasteiger partial charge in [0.25, 0.3) is 0 Å². The Morgan fingerprint density at radius 2 is 1.62 bits per heavy atom. The van der Waals surface area contributed by atoms with E-state index >= 15 is 0 Å². The van der Waals surface area contributed by atoms with Crippen molar-refractivity contribution in [3.8, 4) is 0 Å². The van der Waals surface area contributed by atoms with Gasteiger partial charge in [0.05, 0.1) is 11.3 Å². The topological polar surface area (TPSA) is 55.4 Å². The van der Waals surface area contributed by atoms with Gasteiger partial charge in [-0.15, -0.1) is 0 Å². The van der Waals surface area contributed by atoms with Crippen LogP contribution in [0.4, 0.5) is 0 Å². The SMILES string of the molecule is Cc1ccccc1CS(=O)(=O)NC1(c2ccccc2)CCOCC1. The Hall–Kier alpha value is -1.69. The molecule has 128 valence electrons. The average Bonchev–Trinajstić information content (AvgIpc) is 2.58. The molecule has 24 heavy (non-hydrogen) atoms. The fraction of sp³-hybridized carbons (Fsp3) is 0.368. The summed E-state index contributed by atoms with van der Waals surface area (Å²) in [5, 5.41) is 0. The van der Waals surface area contributed by atoms with E-state index in [4.69, 9.17) is 4.74 Å². The zero-order valence-electron chi connectivity index (χ0n) is 13.9. The molecular formula is C19H23NO3S. The number of aryl methyl sites for hydroxylation is 1. The summed E-state index contributed by atoms with van der Waals surface area (Å²) >= 11 is 0. The maximum Gasteiger partial charge on any atom is 0.216 e. The molecule has 0 spiro atoms. The quantitative estimate of drug-likeness (QED) is 0.906. The van der Waals surface area contributed by atoms with Gasteiger partial charge in [0.2, 0.25) is 10.0 Å². The fourth-order valence-electron chi connectivity index (χ4n) is 3.24. The zero-order chi connectivity index (χ0) is 17.0. The molecular weight excluding hydrogens is 322 g/mol. The lowest BCUT2D eigenvalue weighted by molar-refractivity contribution is 0.0459. The highest BCUT2D eigenvalue weighted by molar-refractivity contribution is 7.88. The van der Waals surface area contributed by atoms with Crippen molar-refractivity contribution < 1.29 is 13.2 Å². The van der Waals surface area contributed by atoms with E-state index in [0.717, 1.165) is 16.7 Å². The third kappa shape index (κ3) is 3.86. The summed E-state index contributed by atoms with van der Waals surface area (Å²) in [5.41, 5.74) is 2.24. The van der Waals surface area contributed by atoms with Crippen LogP contribution in [0.1, 0.15) is 29.5 Å². The van der Waals surface area contributed by atoms with E-state index in [1.165, 1.54) is 0 Å². The van der Waals surface area contributed by atoms with Crippen LogP contribution in [-0.4, -0.2) is 21.6 Å². The summed E-state index contributed by atoms with van der Waals surface area (Å²) in [6.45, 7) is 3.05.